The van der Waals surface area contributed by atoms with E-state index in [9.17, 15) is 4.79 Å². The number of hydrogen-bond donors (Lipinski definition) is 0. The lowest BCUT2D eigenvalue weighted by molar-refractivity contribution is -0.136. The van der Waals surface area contributed by atoms with Crippen molar-refractivity contribution in [2.75, 3.05) is 20.1 Å². The maximum absolute atomic E-state index is 12.9. The van der Waals surface area contributed by atoms with Gasteiger partial charge in [0.25, 0.3) is 0 Å². The average molecular weight is 405 g/mol. The van der Waals surface area contributed by atoms with Gasteiger partial charge in [0.1, 0.15) is 0 Å². The largest absolute Gasteiger partial charge is 0.337 e. The first-order valence-corrected chi connectivity index (χ1v) is 10.5. The van der Waals surface area contributed by atoms with Crippen molar-refractivity contribution in [2.24, 2.45) is 5.92 Å². The number of nitrogens with zero attached hydrogens (tertiary/aromatic N) is 4. The highest BCUT2D eigenvalue weighted by molar-refractivity contribution is 5.78. The van der Waals surface area contributed by atoms with E-state index in [-0.39, 0.29) is 11.8 Å². The van der Waals surface area contributed by atoms with Crippen LogP contribution in [0, 0.1) is 12.8 Å². The van der Waals surface area contributed by atoms with E-state index in [2.05, 4.69) is 39.3 Å². The van der Waals surface area contributed by atoms with Crippen molar-refractivity contribution >= 4 is 5.91 Å². The van der Waals surface area contributed by atoms with Gasteiger partial charge in [0.15, 0.2) is 0 Å². The molecule has 1 aliphatic rings. The Labute approximate surface area is 177 Å². The molecule has 6 heteroatoms. The minimum atomic E-state index is 0.0567. The Bertz CT molecular complexity index is 978. The van der Waals surface area contributed by atoms with E-state index in [4.69, 9.17) is 4.52 Å². The highest BCUT2D eigenvalue weighted by atomic mass is 16.5. The van der Waals surface area contributed by atoms with Crippen molar-refractivity contribution in [1.82, 2.24) is 19.9 Å². The molecule has 4 rings (SSSR count). The number of piperidine rings is 1. The zero-order valence-corrected chi connectivity index (χ0v) is 17.6. The lowest BCUT2D eigenvalue weighted by Crippen LogP contribution is -2.40. The number of hydrogen-bond acceptors (Lipinski definition) is 5. The highest BCUT2D eigenvalue weighted by Gasteiger charge is 2.28. The van der Waals surface area contributed by atoms with Gasteiger partial charge in [-0.25, -0.2) is 0 Å². The highest BCUT2D eigenvalue weighted by Crippen LogP contribution is 2.22. The van der Waals surface area contributed by atoms with Gasteiger partial charge in [0, 0.05) is 25.1 Å². The zero-order valence-electron chi connectivity index (χ0n) is 17.6. The van der Waals surface area contributed by atoms with Crippen LogP contribution in [-0.2, 0) is 17.9 Å². The van der Waals surface area contributed by atoms with Crippen molar-refractivity contribution in [1.29, 1.82) is 0 Å². The molecule has 2 heterocycles. The van der Waals surface area contributed by atoms with Gasteiger partial charge in [-0.2, -0.15) is 4.98 Å². The Morgan fingerprint density at radius 1 is 1.13 bits per heavy atom. The van der Waals surface area contributed by atoms with Crippen LogP contribution in [0.5, 0.6) is 0 Å². The van der Waals surface area contributed by atoms with Crippen molar-refractivity contribution in [3.05, 3.63) is 71.6 Å². The van der Waals surface area contributed by atoms with Gasteiger partial charge in [-0.3, -0.25) is 9.69 Å². The first kappa shape index (κ1) is 20.3. The summed E-state index contributed by atoms with van der Waals surface area (Å²) in [5, 5.41) is 4.07. The quantitative estimate of drug-likeness (QED) is 0.623. The van der Waals surface area contributed by atoms with Gasteiger partial charge >= 0.3 is 0 Å². The molecule has 1 aliphatic heterocycles. The molecule has 0 radical (unpaired) electrons. The van der Waals surface area contributed by atoms with Crippen LogP contribution in [0.2, 0.25) is 0 Å². The maximum Gasteiger partial charge on any atom is 0.246 e. The van der Waals surface area contributed by atoms with Crippen LogP contribution < -0.4 is 0 Å². The molecule has 2 aromatic carbocycles. The minimum Gasteiger partial charge on any atom is -0.337 e. The number of rotatable bonds is 6. The van der Waals surface area contributed by atoms with E-state index in [1.54, 1.807) is 4.90 Å². The monoisotopic (exact) mass is 404 g/mol. The molecule has 0 atom stereocenters. The average Bonchev–Trinajstić information content (AvgIpc) is 3.23. The Morgan fingerprint density at radius 2 is 1.90 bits per heavy atom. The molecule has 1 saturated heterocycles. The van der Waals surface area contributed by atoms with Crippen LogP contribution in [0.1, 0.15) is 29.9 Å². The van der Waals surface area contributed by atoms with E-state index in [0.29, 0.717) is 18.3 Å². The molecule has 6 nitrogen and oxygen atoms in total. The predicted molar refractivity (Wildman–Crippen MR) is 115 cm³/mol. The van der Waals surface area contributed by atoms with Crippen LogP contribution >= 0.6 is 0 Å². The van der Waals surface area contributed by atoms with Crippen LogP contribution in [0.3, 0.4) is 0 Å². The van der Waals surface area contributed by atoms with Gasteiger partial charge in [0.05, 0.1) is 6.54 Å². The molecule has 0 saturated carbocycles. The SMILES string of the molecule is Cc1cccc(-c2noc(CN(C)C(=O)C3CCN(Cc4ccccc4)CC3)n2)c1. The summed E-state index contributed by atoms with van der Waals surface area (Å²) in [6.45, 7) is 5.19. The summed E-state index contributed by atoms with van der Waals surface area (Å²) in [4.78, 5) is 21.5. The summed E-state index contributed by atoms with van der Waals surface area (Å²) in [6, 6.07) is 18.5. The van der Waals surface area contributed by atoms with Crippen molar-refractivity contribution in [2.45, 2.75) is 32.9 Å². The lowest BCUT2D eigenvalue weighted by atomic mass is 9.95. The number of aromatic nitrogens is 2. The minimum absolute atomic E-state index is 0.0567. The normalized spacial score (nSPS) is 15.3. The summed E-state index contributed by atoms with van der Waals surface area (Å²) in [6.07, 6.45) is 1.77. The summed E-state index contributed by atoms with van der Waals surface area (Å²) in [5.41, 5.74) is 3.38. The fourth-order valence-corrected chi connectivity index (χ4v) is 3.99. The molecule has 0 spiro atoms. The van der Waals surface area contributed by atoms with Crippen molar-refractivity contribution in [3.63, 3.8) is 0 Å². The molecule has 1 amide bonds. The molecule has 0 aliphatic carbocycles. The van der Waals surface area contributed by atoms with E-state index in [0.717, 1.165) is 43.6 Å². The second kappa shape index (κ2) is 9.22. The van der Waals surface area contributed by atoms with Crippen molar-refractivity contribution in [3.8, 4) is 11.4 Å². The Hall–Kier alpha value is -2.99. The smallest absolute Gasteiger partial charge is 0.246 e. The topological polar surface area (TPSA) is 62.5 Å². The summed E-state index contributed by atoms with van der Waals surface area (Å²) in [5.74, 6) is 1.23. The fraction of sp³-hybridized carbons (Fsp3) is 0.375. The maximum atomic E-state index is 12.9. The molecular weight excluding hydrogens is 376 g/mol. The summed E-state index contributed by atoms with van der Waals surface area (Å²) in [7, 11) is 1.81. The van der Waals surface area contributed by atoms with E-state index < -0.39 is 0 Å². The first-order valence-electron chi connectivity index (χ1n) is 10.5. The predicted octanol–water partition coefficient (Wildman–Crippen LogP) is 3.92. The first-order chi connectivity index (χ1) is 14.6. The van der Waals surface area contributed by atoms with E-state index in [1.807, 2.05) is 44.3 Å². The Kier molecular flexibility index (Phi) is 6.23. The van der Waals surface area contributed by atoms with Crippen LogP contribution in [0.4, 0.5) is 0 Å². The van der Waals surface area contributed by atoms with Crippen molar-refractivity contribution < 1.29 is 9.32 Å². The molecule has 3 aromatic rings. The van der Waals surface area contributed by atoms with Gasteiger partial charge < -0.3 is 9.42 Å². The number of carbonyl (C=O) groups is 1. The fourth-order valence-electron chi connectivity index (χ4n) is 3.99. The number of amides is 1. The summed E-state index contributed by atoms with van der Waals surface area (Å²) >= 11 is 0. The molecule has 30 heavy (non-hydrogen) atoms. The van der Waals surface area contributed by atoms with Gasteiger partial charge in [-0.1, -0.05) is 59.3 Å². The van der Waals surface area contributed by atoms with Gasteiger partial charge in [0.2, 0.25) is 17.6 Å². The molecule has 0 N–H and O–H groups in total. The van der Waals surface area contributed by atoms with Crippen LogP contribution in [-0.4, -0.2) is 46.0 Å². The van der Waals surface area contributed by atoms with Crippen LogP contribution in [0.15, 0.2) is 59.1 Å². The van der Waals surface area contributed by atoms with Crippen LogP contribution in [0.25, 0.3) is 11.4 Å². The third kappa shape index (κ3) is 4.94. The Balaban J connectivity index is 1.29. The molecule has 0 unspecified atom stereocenters. The number of benzene rings is 2. The van der Waals surface area contributed by atoms with E-state index in [1.165, 1.54) is 5.56 Å². The molecule has 1 fully saturated rings. The van der Waals surface area contributed by atoms with Gasteiger partial charge in [-0.15, -0.1) is 0 Å². The molecular formula is C24H28N4O2. The number of carbonyl (C=O) groups excluding carboxylic acids is 1. The third-order valence-corrected chi connectivity index (χ3v) is 5.68. The van der Waals surface area contributed by atoms with E-state index >= 15 is 0 Å². The Morgan fingerprint density at radius 3 is 2.63 bits per heavy atom. The molecule has 156 valence electrons. The van der Waals surface area contributed by atoms with Gasteiger partial charge in [-0.05, 0) is 44.5 Å². The second-order valence-electron chi connectivity index (χ2n) is 8.11. The third-order valence-electron chi connectivity index (χ3n) is 5.68. The summed E-state index contributed by atoms with van der Waals surface area (Å²) < 4.78 is 5.39. The second-order valence-corrected chi connectivity index (χ2v) is 8.11. The zero-order chi connectivity index (χ0) is 20.9. The number of aryl methyl sites for hydroxylation is 1. The number of likely N-dealkylation sites (tertiary alicyclic amines) is 1. The standard InChI is InChI=1S/C24H28N4O2/c1-18-7-6-10-21(15-18)23-25-22(30-26-23)17-27(2)24(29)20-11-13-28(14-12-20)16-19-8-4-3-5-9-19/h3-10,15,20H,11-14,16-17H2,1-2H3. The molecule has 1 aromatic heterocycles. The molecule has 0 bridgehead atoms. The lowest BCUT2D eigenvalue weighted by Gasteiger charge is -2.32.